The van der Waals surface area contributed by atoms with E-state index in [2.05, 4.69) is 9.97 Å². The number of aromatic nitrogens is 3. The Balaban J connectivity index is 2.16. The van der Waals surface area contributed by atoms with Crippen LogP contribution in [0.25, 0.3) is 11.3 Å². The van der Waals surface area contributed by atoms with Gasteiger partial charge in [0.25, 0.3) is 5.56 Å². The molecular formula is C22H23Cl2N3O4S. The topological polar surface area (TPSA) is 91.1 Å². The van der Waals surface area contributed by atoms with E-state index in [1.807, 2.05) is 0 Å². The van der Waals surface area contributed by atoms with E-state index < -0.39 is 15.1 Å². The summed E-state index contributed by atoms with van der Waals surface area (Å²) in [6, 6.07) is 6.44. The van der Waals surface area contributed by atoms with Gasteiger partial charge in [0.15, 0.2) is 15.6 Å². The van der Waals surface area contributed by atoms with Crippen molar-refractivity contribution in [1.82, 2.24) is 14.5 Å². The fourth-order valence-electron chi connectivity index (χ4n) is 3.04. The summed E-state index contributed by atoms with van der Waals surface area (Å²) < 4.78 is 32.4. The van der Waals surface area contributed by atoms with Crippen LogP contribution in [0.15, 0.2) is 35.3 Å². The van der Waals surface area contributed by atoms with Crippen LogP contribution in [0.1, 0.15) is 30.7 Å². The van der Waals surface area contributed by atoms with Gasteiger partial charge in [0.2, 0.25) is 0 Å². The third-order valence-corrected chi connectivity index (χ3v) is 7.51. The minimum absolute atomic E-state index is 0.0599. The second kappa shape index (κ2) is 9.21. The average Bonchev–Trinajstić information content (AvgIpc) is 2.67. The molecule has 0 saturated heterocycles. The zero-order valence-electron chi connectivity index (χ0n) is 18.3. The SMILES string of the molecule is Cc1cc(Cl)cc(Cl)c1Oc1nc(CS(=O)(=O)C(C)C)cc(-c2cc(C)c(=O)n(C)c2)n1. The third-order valence-electron chi connectivity index (χ3n) is 4.87. The van der Waals surface area contributed by atoms with E-state index in [1.54, 1.807) is 59.1 Å². The van der Waals surface area contributed by atoms with Crippen LogP contribution in [-0.4, -0.2) is 28.2 Å². The number of aryl methyl sites for hydroxylation is 3. The predicted octanol–water partition coefficient (Wildman–Crippen LogP) is 4.88. The molecule has 0 amide bonds. The number of benzene rings is 1. The summed E-state index contributed by atoms with van der Waals surface area (Å²) in [7, 11) is -1.79. The molecule has 3 aromatic rings. The fraction of sp³-hybridized carbons (Fsp3) is 0.318. The normalized spacial score (nSPS) is 11.8. The van der Waals surface area contributed by atoms with Crippen LogP contribution in [0.2, 0.25) is 10.0 Å². The molecule has 10 heteroatoms. The maximum absolute atomic E-state index is 12.5. The van der Waals surface area contributed by atoms with Crippen molar-refractivity contribution in [1.29, 1.82) is 0 Å². The number of hydrogen-bond acceptors (Lipinski definition) is 6. The lowest BCUT2D eigenvalue weighted by Crippen LogP contribution is -2.19. The molecule has 32 heavy (non-hydrogen) atoms. The van der Waals surface area contributed by atoms with Gasteiger partial charge < -0.3 is 9.30 Å². The lowest BCUT2D eigenvalue weighted by Gasteiger charge is -2.14. The van der Waals surface area contributed by atoms with Crippen LogP contribution in [-0.2, 0) is 22.6 Å². The van der Waals surface area contributed by atoms with Crippen molar-refractivity contribution in [3.05, 3.63) is 67.7 Å². The molecule has 2 aromatic heterocycles. The monoisotopic (exact) mass is 495 g/mol. The highest BCUT2D eigenvalue weighted by molar-refractivity contribution is 7.91. The van der Waals surface area contributed by atoms with Crippen molar-refractivity contribution in [3.8, 4) is 23.0 Å². The Morgan fingerprint density at radius 3 is 2.34 bits per heavy atom. The largest absolute Gasteiger partial charge is 0.422 e. The average molecular weight is 496 g/mol. The van der Waals surface area contributed by atoms with Gasteiger partial charge >= 0.3 is 6.01 Å². The van der Waals surface area contributed by atoms with Crippen molar-refractivity contribution in [2.75, 3.05) is 0 Å². The van der Waals surface area contributed by atoms with Gasteiger partial charge in [-0.05, 0) is 57.5 Å². The molecule has 0 saturated carbocycles. The Morgan fingerprint density at radius 1 is 1.06 bits per heavy atom. The van der Waals surface area contributed by atoms with Gasteiger partial charge in [0, 0.05) is 29.4 Å². The van der Waals surface area contributed by atoms with Gasteiger partial charge in [0.1, 0.15) is 0 Å². The van der Waals surface area contributed by atoms with Crippen molar-refractivity contribution in [2.45, 2.75) is 38.7 Å². The molecule has 1 aromatic carbocycles. The van der Waals surface area contributed by atoms with E-state index in [1.165, 1.54) is 10.6 Å². The molecule has 0 fully saturated rings. The first-order valence-corrected chi connectivity index (χ1v) is 12.2. The smallest absolute Gasteiger partial charge is 0.322 e. The minimum atomic E-state index is -3.43. The standard InChI is InChI=1S/C22H23Cl2N3O4S/c1-12(2)32(29,30)11-17-9-19(15-6-14(4)21(28)27(5)10-15)26-22(25-17)31-20-13(3)7-16(23)8-18(20)24/h6-10,12H,11H2,1-5H3. The molecule has 0 bridgehead atoms. The Bertz CT molecular complexity index is 1300. The summed E-state index contributed by atoms with van der Waals surface area (Å²) in [5.74, 6) is 0.0387. The highest BCUT2D eigenvalue weighted by Crippen LogP contribution is 2.35. The van der Waals surface area contributed by atoms with E-state index in [0.29, 0.717) is 33.2 Å². The third kappa shape index (κ3) is 5.31. The molecule has 0 atom stereocenters. The number of nitrogens with zero attached hydrogens (tertiary/aromatic N) is 3. The van der Waals surface area contributed by atoms with Gasteiger partial charge in [-0.1, -0.05) is 23.2 Å². The molecule has 3 rings (SSSR count). The maximum Gasteiger partial charge on any atom is 0.322 e. The highest BCUT2D eigenvalue weighted by atomic mass is 35.5. The summed E-state index contributed by atoms with van der Waals surface area (Å²) in [5, 5.41) is 0.162. The molecule has 0 N–H and O–H groups in total. The summed E-state index contributed by atoms with van der Waals surface area (Å²) in [5.41, 5.74) is 2.38. The molecule has 0 radical (unpaired) electrons. The number of ether oxygens (including phenoxy) is 1. The Labute approximate surface area is 196 Å². The quantitative estimate of drug-likeness (QED) is 0.483. The number of sulfone groups is 1. The maximum atomic E-state index is 12.5. The molecule has 2 heterocycles. The number of pyridine rings is 1. The zero-order valence-corrected chi connectivity index (χ0v) is 20.6. The second-order valence-electron chi connectivity index (χ2n) is 7.85. The molecule has 7 nitrogen and oxygen atoms in total. The van der Waals surface area contributed by atoms with Crippen LogP contribution >= 0.6 is 23.2 Å². The van der Waals surface area contributed by atoms with E-state index in [0.717, 1.165) is 0 Å². The van der Waals surface area contributed by atoms with Gasteiger partial charge in [-0.15, -0.1) is 0 Å². The van der Waals surface area contributed by atoms with Crippen molar-refractivity contribution >= 4 is 33.0 Å². The Hall–Kier alpha value is -2.42. The van der Waals surface area contributed by atoms with Gasteiger partial charge in [-0.3, -0.25) is 4.79 Å². The summed E-state index contributed by atoms with van der Waals surface area (Å²) >= 11 is 12.3. The van der Waals surface area contributed by atoms with E-state index >= 15 is 0 Å². The van der Waals surface area contributed by atoms with Crippen LogP contribution in [0.3, 0.4) is 0 Å². The van der Waals surface area contributed by atoms with Crippen molar-refractivity contribution < 1.29 is 13.2 Å². The van der Waals surface area contributed by atoms with Crippen LogP contribution in [0, 0.1) is 13.8 Å². The van der Waals surface area contributed by atoms with Crippen LogP contribution < -0.4 is 10.3 Å². The van der Waals surface area contributed by atoms with E-state index in [-0.39, 0.29) is 28.0 Å². The second-order valence-corrected chi connectivity index (χ2v) is 11.2. The first-order valence-electron chi connectivity index (χ1n) is 9.78. The lowest BCUT2D eigenvalue weighted by molar-refractivity contribution is 0.438. The molecule has 0 aliphatic carbocycles. The van der Waals surface area contributed by atoms with Crippen molar-refractivity contribution in [3.63, 3.8) is 0 Å². The van der Waals surface area contributed by atoms with E-state index in [9.17, 15) is 13.2 Å². The summed E-state index contributed by atoms with van der Waals surface area (Å²) in [4.78, 5) is 20.9. The highest BCUT2D eigenvalue weighted by Gasteiger charge is 2.21. The van der Waals surface area contributed by atoms with E-state index in [4.69, 9.17) is 27.9 Å². The molecule has 170 valence electrons. The predicted molar refractivity (Wildman–Crippen MR) is 126 cm³/mol. The van der Waals surface area contributed by atoms with Gasteiger partial charge in [0.05, 0.1) is 27.4 Å². The number of rotatable bonds is 6. The molecule has 0 aliphatic rings. The summed E-state index contributed by atoms with van der Waals surface area (Å²) in [6.07, 6.45) is 1.63. The first-order chi connectivity index (χ1) is 14.9. The first kappa shape index (κ1) is 24.2. The van der Waals surface area contributed by atoms with Gasteiger partial charge in [-0.25, -0.2) is 8.42 Å². The van der Waals surface area contributed by atoms with Crippen LogP contribution in [0.4, 0.5) is 0 Å². The molecular weight excluding hydrogens is 473 g/mol. The minimum Gasteiger partial charge on any atom is -0.422 e. The van der Waals surface area contributed by atoms with Crippen LogP contribution in [0.5, 0.6) is 11.8 Å². The van der Waals surface area contributed by atoms with Gasteiger partial charge in [-0.2, -0.15) is 9.97 Å². The molecule has 0 aliphatic heterocycles. The lowest BCUT2D eigenvalue weighted by atomic mass is 10.1. The number of halogens is 2. The Morgan fingerprint density at radius 2 is 1.75 bits per heavy atom. The zero-order chi connectivity index (χ0) is 23.8. The molecule has 0 spiro atoms. The Kier molecular flexibility index (Phi) is 6.97. The number of hydrogen-bond donors (Lipinski definition) is 0. The van der Waals surface area contributed by atoms with Crippen molar-refractivity contribution in [2.24, 2.45) is 7.05 Å². The molecule has 0 unspecified atom stereocenters. The fourth-order valence-corrected chi connectivity index (χ4v) is 4.57. The summed E-state index contributed by atoms with van der Waals surface area (Å²) in [6.45, 7) is 6.70.